The fraction of sp³-hybridized carbons (Fsp3) is 0.368. The number of anilines is 1. The van der Waals surface area contributed by atoms with E-state index < -0.39 is 10.0 Å². The average Bonchev–Trinajstić information content (AvgIpc) is 3.09. The van der Waals surface area contributed by atoms with Crippen molar-refractivity contribution in [3.8, 4) is 11.3 Å². The first-order valence-corrected chi connectivity index (χ1v) is 10.8. The second kappa shape index (κ2) is 9.49. The molecule has 1 aromatic carbocycles. The number of halogens is 2. The number of fused-ring (bicyclic) bond motifs is 1. The number of sulfonamides is 1. The van der Waals surface area contributed by atoms with Crippen LogP contribution in [0.15, 0.2) is 41.7 Å². The van der Waals surface area contributed by atoms with Crippen molar-refractivity contribution in [1.82, 2.24) is 19.1 Å². The second-order valence-electron chi connectivity index (χ2n) is 7.36. The highest BCUT2D eigenvalue weighted by atomic mass is 35.5. The lowest BCUT2D eigenvalue weighted by atomic mass is 9.93. The molecule has 0 radical (unpaired) electrons. The summed E-state index contributed by atoms with van der Waals surface area (Å²) in [6, 6.07) is 5.23. The number of hydrogen-bond donors (Lipinski definition) is 3. The molecule has 0 amide bonds. The standard InChI is InChI=1S/C19H24N6O2S.2ClH/c1-12-2-7-15(28(26,27)24-14-5-3-13(20)4-6-14)10-16(12)17-11-23-19-18(21)22-8-9-25(17)19;;/h2,7-11,13-14,24H,3-6,20H2,1H3,(H2,21,22);2*1H/t13-,14-;;. The van der Waals surface area contributed by atoms with Crippen molar-refractivity contribution in [2.45, 2.75) is 49.6 Å². The van der Waals surface area contributed by atoms with E-state index in [-0.39, 0.29) is 41.8 Å². The van der Waals surface area contributed by atoms with Gasteiger partial charge in [0.15, 0.2) is 11.5 Å². The van der Waals surface area contributed by atoms with E-state index in [2.05, 4.69) is 14.7 Å². The summed E-state index contributed by atoms with van der Waals surface area (Å²) in [5.41, 5.74) is 14.8. The molecule has 2 heterocycles. The van der Waals surface area contributed by atoms with Gasteiger partial charge in [-0.25, -0.2) is 23.1 Å². The summed E-state index contributed by atoms with van der Waals surface area (Å²) in [4.78, 5) is 8.61. The second-order valence-corrected chi connectivity index (χ2v) is 9.07. The van der Waals surface area contributed by atoms with Gasteiger partial charge in [-0.05, 0) is 50.3 Å². The molecule has 5 N–H and O–H groups in total. The summed E-state index contributed by atoms with van der Waals surface area (Å²) in [7, 11) is -3.63. The van der Waals surface area contributed by atoms with Crippen molar-refractivity contribution in [2.24, 2.45) is 5.73 Å². The van der Waals surface area contributed by atoms with E-state index >= 15 is 0 Å². The number of nitrogens with two attached hydrogens (primary N) is 2. The Morgan fingerprint density at radius 3 is 2.53 bits per heavy atom. The van der Waals surface area contributed by atoms with Gasteiger partial charge in [-0.3, -0.25) is 4.40 Å². The van der Waals surface area contributed by atoms with Crippen LogP contribution in [0.1, 0.15) is 31.2 Å². The zero-order chi connectivity index (χ0) is 19.9. The molecular formula is C19H26Cl2N6O2S. The van der Waals surface area contributed by atoms with Crippen LogP contribution in [0.25, 0.3) is 16.9 Å². The summed E-state index contributed by atoms with van der Waals surface area (Å²) >= 11 is 0. The lowest BCUT2D eigenvalue weighted by Crippen LogP contribution is -2.40. The highest BCUT2D eigenvalue weighted by Crippen LogP contribution is 2.28. The number of aromatic nitrogens is 3. The van der Waals surface area contributed by atoms with Crippen LogP contribution in [0.2, 0.25) is 0 Å². The third-order valence-corrected chi connectivity index (χ3v) is 6.86. The van der Waals surface area contributed by atoms with E-state index in [1.165, 1.54) is 0 Å². The number of aryl methyl sites for hydroxylation is 1. The molecule has 0 unspecified atom stereocenters. The Balaban J connectivity index is 0.00000160. The van der Waals surface area contributed by atoms with Crippen LogP contribution >= 0.6 is 24.8 Å². The Hall–Kier alpha value is -1.91. The Morgan fingerprint density at radius 2 is 1.83 bits per heavy atom. The van der Waals surface area contributed by atoms with Crippen molar-refractivity contribution in [1.29, 1.82) is 0 Å². The van der Waals surface area contributed by atoms with Crippen molar-refractivity contribution < 1.29 is 8.42 Å². The fourth-order valence-corrected chi connectivity index (χ4v) is 5.04. The van der Waals surface area contributed by atoms with Gasteiger partial charge >= 0.3 is 0 Å². The summed E-state index contributed by atoms with van der Waals surface area (Å²) in [6.45, 7) is 1.94. The first-order chi connectivity index (χ1) is 13.3. The van der Waals surface area contributed by atoms with Gasteiger partial charge in [0.25, 0.3) is 0 Å². The highest BCUT2D eigenvalue weighted by molar-refractivity contribution is 7.89. The van der Waals surface area contributed by atoms with Gasteiger partial charge in [0.1, 0.15) is 0 Å². The molecule has 8 nitrogen and oxygen atoms in total. The topological polar surface area (TPSA) is 128 Å². The van der Waals surface area contributed by atoms with Crippen molar-refractivity contribution >= 4 is 46.3 Å². The van der Waals surface area contributed by atoms with Crippen LogP contribution in [0.4, 0.5) is 5.82 Å². The lowest BCUT2D eigenvalue weighted by molar-refractivity contribution is 0.373. The fourth-order valence-electron chi connectivity index (χ4n) is 3.71. The lowest BCUT2D eigenvalue weighted by Gasteiger charge is -2.26. The first-order valence-electron chi connectivity index (χ1n) is 9.31. The molecule has 1 aliphatic carbocycles. The first kappa shape index (κ1) is 24.4. The third kappa shape index (κ3) is 4.70. The number of imidazole rings is 1. The molecule has 4 rings (SSSR count). The quantitative estimate of drug-likeness (QED) is 0.535. The Kier molecular flexibility index (Phi) is 7.70. The molecule has 1 saturated carbocycles. The molecule has 2 aromatic heterocycles. The maximum absolute atomic E-state index is 12.9. The zero-order valence-corrected chi connectivity index (χ0v) is 18.9. The number of rotatable bonds is 4. The minimum absolute atomic E-state index is 0. The molecule has 164 valence electrons. The molecule has 0 bridgehead atoms. The van der Waals surface area contributed by atoms with Crippen LogP contribution in [0.3, 0.4) is 0 Å². The molecule has 1 aliphatic rings. The van der Waals surface area contributed by atoms with E-state index in [0.29, 0.717) is 11.5 Å². The molecule has 0 spiro atoms. The SMILES string of the molecule is Cc1ccc(S(=O)(=O)N[C@H]2CC[C@H](N)CC2)cc1-c1cnc2c(N)nccn12.Cl.Cl. The Labute approximate surface area is 188 Å². The highest BCUT2D eigenvalue weighted by Gasteiger charge is 2.25. The van der Waals surface area contributed by atoms with E-state index in [1.54, 1.807) is 30.7 Å². The van der Waals surface area contributed by atoms with Crippen LogP contribution in [0, 0.1) is 6.92 Å². The van der Waals surface area contributed by atoms with E-state index in [0.717, 1.165) is 42.5 Å². The monoisotopic (exact) mass is 472 g/mol. The van der Waals surface area contributed by atoms with Crippen molar-refractivity contribution in [3.63, 3.8) is 0 Å². The average molecular weight is 473 g/mol. The third-order valence-electron chi connectivity index (χ3n) is 5.34. The van der Waals surface area contributed by atoms with Crippen LogP contribution in [-0.2, 0) is 10.0 Å². The van der Waals surface area contributed by atoms with E-state index in [1.807, 2.05) is 17.4 Å². The van der Waals surface area contributed by atoms with Gasteiger partial charge in [-0.2, -0.15) is 0 Å². The predicted octanol–water partition coefficient (Wildman–Crippen LogP) is 2.68. The number of nitrogens with zero attached hydrogens (tertiary/aromatic N) is 3. The van der Waals surface area contributed by atoms with Gasteiger partial charge in [-0.1, -0.05) is 6.07 Å². The largest absolute Gasteiger partial charge is 0.381 e. The summed E-state index contributed by atoms with van der Waals surface area (Å²) < 4.78 is 30.5. The molecular weight excluding hydrogens is 447 g/mol. The van der Waals surface area contributed by atoms with Gasteiger partial charge < -0.3 is 11.5 Å². The Morgan fingerprint density at radius 1 is 1.13 bits per heavy atom. The number of hydrogen-bond acceptors (Lipinski definition) is 6. The number of nitrogen functional groups attached to an aromatic ring is 1. The molecule has 11 heteroatoms. The molecule has 0 saturated heterocycles. The van der Waals surface area contributed by atoms with Gasteiger partial charge in [0, 0.05) is 30.0 Å². The maximum atomic E-state index is 12.9. The minimum atomic E-state index is -3.63. The van der Waals surface area contributed by atoms with Gasteiger partial charge in [-0.15, -0.1) is 24.8 Å². The van der Waals surface area contributed by atoms with E-state index in [4.69, 9.17) is 11.5 Å². The summed E-state index contributed by atoms with van der Waals surface area (Å²) in [5, 5.41) is 0. The predicted molar refractivity (Wildman–Crippen MR) is 123 cm³/mol. The molecule has 1 fully saturated rings. The number of nitrogens with one attached hydrogen (secondary N) is 1. The zero-order valence-electron chi connectivity index (χ0n) is 16.5. The molecule has 30 heavy (non-hydrogen) atoms. The molecule has 0 aliphatic heterocycles. The van der Waals surface area contributed by atoms with Crippen molar-refractivity contribution in [3.05, 3.63) is 42.4 Å². The van der Waals surface area contributed by atoms with Crippen LogP contribution in [0.5, 0.6) is 0 Å². The molecule has 3 aromatic rings. The van der Waals surface area contributed by atoms with E-state index in [9.17, 15) is 8.42 Å². The smallest absolute Gasteiger partial charge is 0.240 e. The normalized spacial score (nSPS) is 19.1. The van der Waals surface area contributed by atoms with Crippen LogP contribution in [-0.4, -0.2) is 34.9 Å². The van der Waals surface area contributed by atoms with Gasteiger partial charge in [0.05, 0.1) is 16.8 Å². The van der Waals surface area contributed by atoms with Crippen molar-refractivity contribution in [2.75, 3.05) is 5.73 Å². The van der Waals surface area contributed by atoms with Gasteiger partial charge in [0.2, 0.25) is 10.0 Å². The van der Waals surface area contributed by atoms with Crippen LogP contribution < -0.4 is 16.2 Å². The number of benzene rings is 1. The maximum Gasteiger partial charge on any atom is 0.240 e. The summed E-state index contributed by atoms with van der Waals surface area (Å²) in [6.07, 6.45) is 8.24. The minimum Gasteiger partial charge on any atom is -0.381 e. The Bertz CT molecular complexity index is 1130. The molecule has 0 atom stereocenters. The summed E-state index contributed by atoms with van der Waals surface area (Å²) in [5.74, 6) is 0.326.